The molecule has 30 heavy (non-hydrogen) atoms. The predicted octanol–water partition coefficient (Wildman–Crippen LogP) is 4.47. The normalized spacial score (nSPS) is 18.2. The van der Waals surface area contributed by atoms with Crippen LogP contribution in [-0.4, -0.2) is 53.1 Å². The third-order valence-corrected chi connectivity index (χ3v) is 6.52. The summed E-state index contributed by atoms with van der Waals surface area (Å²) in [5.41, 5.74) is 1.63. The van der Waals surface area contributed by atoms with Crippen LogP contribution >= 0.6 is 23.4 Å². The largest absolute Gasteiger partial charge is 0.324 e. The van der Waals surface area contributed by atoms with Crippen molar-refractivity contribution in [2.75, 3.05) is 31.2 Å². The third-order valence-electron chi connectivity index (χ3n) is 5.23. The zero-order chi connectivity index (χ0) is 21.1. The number of hydrogen-bond acceptors (Lipinski definition) is 5. The number of carbonyl (C=O) groups is 1. The van der Waals surface area contributed by atoms with Gasteiger partial charge in [-0.25, -0.2) is 9.38 Å². The van der Waals surface area contributed by atoms with Crippen molar-refractivity contribution in [1.29, 1.82) is 0 Å². The van der Waals surface area contributed by atoms with Crippen molar-refractivity contribution in [2.24, 2.45) is 9.98 Å². The maximum Gasteiger partial charge on any atom is 0.234 e. The maximum atomic E-state index is 13.4. The molecule has 1 saturated heterocycles. The Morgan fingerprint density at radius 2 is 1.87 bits per heavy atom. The highest BCUT2D eigenvalue weighted by Gasteiger charge is 2.39. The minimum atomic E-state index is -0.488. The number of anilines is 1. The molecule has 2 aliphatic heterocycles. The summed E-state index contributed by atoms with van der Waals surface area (Å²) >= 11 is 7.47. The first kappa shape index (κ1) is 21.0. The molecular weight excluding hydrogens is 423 g/mol. The first-order valence-electron chi connectivity index (χ1n) is 9.76. The molecule has 156 valence electrons. The van der Waals surface area contributed by atoms with Crippen molar-refractivity contribution in [2.45, 2.75) is 18.5 Å². The van der Waals surface area contributed by atoms with Crippen LogP contribution in [0.15, 0.2) is 58.5 Å². The topological polar surface area (TPSA) is 57.1 Å². The molecule has 0 saturated carbocycles. The monoisotopic (exact) mass is 444 g/mol. The molecule has 1 fully saturated rings. The number of carbonyl (C=O) groups excluding carboxylic acids is 1. The van der Waals surface area contributed by atoms with E-state index in [9.17, 15) is 9.18 Å². The first-order chi connectivity index (χ1) is 14.4. The van der Waals surface area contributed by atoms with Crippen molar-refractivity contribution >= 4 is 45.7 Å². The number of nitrogens with zero attached hydrogens (tertiary/aromatic N) is 3. The number of benzene rings is 2. The number of amides is 1. The Labute approximate surface area is 184 Å². The molecule has 0 unspecified atom stereocenters. The molecule has 2 aromatic rings. The Balaban J connectivity index is 1.52. The number of halogens is 2. The summed E-state index contributed by atoms with van der Waals surface area (Å²) in [6.45, 7) is 1.82. The smallest absolute Gasteiger partial charge is 0.234 e. The van der Waals surface area contributed by atoms with Gasteiger partial charge in [0.15, 0.2) is 5.66 Å². The Kier molecular flexibility index (Phi) is 6.22. The molecule has 2 aliphatic rings. The van der Waals surface area contributed by atoms with Crippen molar-refractivity contribution in [1.82, 2.24) is 4.90 Å². The highest BCUT2D eigenvalue weighted by atomic mass is 35.5. The van der Waals surface area contributed by atoms with Gasteiger partial charge in [-0.2, -0.15) is 0 Å². The van der Waals surface area contributed by atoms with Crippen LogP contribution in [0, 0.1) is 5.82 Å². The van der Waals surface area contributed by atoms with E-state index in [1.54, 1.807) is 24.3 Å². The summed E-state index contributed by atoms with van der Waals surface area (Å²) in [6, 6.07) is 13.4. The van der Waals surface area contributed by atoms with Crippen molar-refractivity contribution in [3.05, 3.63) is 64.9 Å². The lowest BCUT2D eigenvalue weighted by Gasteiger charge is -2.33. The van der Waals surface area contributed by atoms with Crippen LogP contribution in [0.1, 0.15) is 18.4 Å². The van der Waals surface area contributed by atoms with Gasteiger partial charge in [-0.15, -0.1) is 0 Å². The SMILES string of the molecule is CN1CCC2(CC1)N=C(SCC(=O)Nc1ccccc1Cl)C(c1ccc(F)cc1)=N2. The lowest BCUT2D eigenvalue weighted by Crippen LogP contribution is -2.39. The minimum absolute atomic E-state index is 0.168. The van der Waals surface area contributed by atoms with Crippen molar-refractivity contribution in [3.63, 3.8) is 0 Å². The van der Waals surface area contributed by atoms with Crippen molar-refractivity contribution < 1.29 is 9.18 Å². The highest BCUT2D eigenvalue weighted by Crippen LogP contribution is 2.35. The summed E-state index contributed by atoms with van der Waals surface area (Å²) in [5, 5.41) is 4.05. The van der Waals surface area contributed by atoms with E-state index in [1.807, 2.05) is 12.1 Å². The van der Waals surface area contributed by atoms with E-state index in [4.69, 9.17) is 21.6 Å². The van der Waals surface area contributed by atoms with E-state index >= 15 is 0 Å². The van der Waals surface area contributed by atoms with Crippen LogP contribution in [0.5, 0.6) is 0 Å². The van der Waals surface area contributed by atoms with Gasteiger partial charge in [0, 0.05) is 31.5 Å². The second kappa shape index (κ2) is 8.88. The Morgan fingerprint density at radius 1 is 1.17 bits per heavy atom. The fourth-order valence-corrected chi connectivity index (χ4v) is 4.56. The molecule has 0 bridgehead atoms. The Bertz CT molecular complexity index is 1000. The van der Waals surface area contributed by atoms with Gasteiger partial charge >= 0.3 is 0 Å². The van der Waals surface area contributed by atoms with Crippen LogP contribution in [0.4, 0.5) is 10.1 Å². The molecule has 5 nitrogen and oxygen atoms in total. The molecule has 0 radical (unpaired) electrons. The Morgan fingerprint density at radius 3 is 2.57 bits per heavy atom. The van der Waals surface area contributed by atoms with Gasteiger partial charge in [0.2, 0.25) is 5.91 Å². The first-order valence-corrected chi connectivity index (χ1v) is 11.1. The molecule has 8 heteroatoms. The molecule has 1 spiro atoms. The van der Waals surface area contributed by atoms with Crippen LogP contribution in [0.3, 0.4) is 0 Å². The second-order valence-electron chi connectivity index (χ2n) is 7.49. The van der Waals surface area contributed by atoms with Crippen molar-refractivity contribution in [3.8, 4) is 0 Å². The number of rotatable bonds is 4. The number of likely N-dealkylation sites (tertiary alicyclic amines) is 1. The summed E-state index contributed by atoms with van der Waals surface area (Å²) in [6.07, 6.45) is 1.65. The average molecular weight is 445 g/mol. The standard InChI is InChI=1S/C22H22ClFN4OS/c1-28-12-10-22(11-13-28)26-20(15-6-8-16(24)9-7-15)21(27-22)30-14-19(29)25-18-5-3-2-4-17(18)23/h2-9H,10-14H2,1H3,(H,25,29). The molecular formula is C22H22ClFN4OS. The second-order valence-corrected chi connectivity index (χ2v) is 8.86. The van der Waals surface area contributed by atoms with E-state index in [2.05, 4.69) is 17.3 Å². The zero-order valence-corrected chi connectivity index (χ0v) is 18.1. The molecule has 0 atom stereocenters. The van der Waals surface area contributed by atoms with Gasteiger partial charge in [-0.3, -0.25) is 9.79 Å². The molecule has 1 amide bonds. The maximum absolute atomic E-state index is 13.4. The fourth-order valence-electron chi connectivity index (χ4n) is 3.50. The van der Waals surface area contributed by atoms with Crippen LogP contribution in [0.25, 0.3) is 0 Å². The quantitative estimate of drug-likeness (QED) is 0.756. The fraction of sp³-hybridized carbons (Fsp3) is 0.318. The van der Waals surface area contributed by atoms with E-state index in [0.717, 1.165) is 42.3 Å². The molecule has 0 aromatic heterocycles. The highest BCUT2D eigenvalue weighted by molar-refractivity contribution is 8.16. The van der Waals surface area contributed by atoms with Crippen LogP contribution < -0.4 is 5.32 Å². The summed E-state index contributed by atoms with van der Waals surface area (Å²) in [4.78, 5) is 24.6. The zero-order valence-electron chi connectivity index (χ0n) is 16.6. The number of para-hydroxylation sites is 1. The molecule has 2 aromatic carbocycles. The number of thioether (sulfide) groups is 1. The van der Waals surface area contributed by atoms with Crippen LogP contribution in [-0.2, 0) is 4.79 Å². The van der Waals surface area contributed by atoms with Gasteiger partial charge in [0.05, 0.1) is 22.2 Å². The van der Waals surface area contributed by atoms with Gasteiger partial charge < -0.3 is 10.2 Å². The average Bonchev–Trinajstić information content (AvgIpc) is 3.09. The number of aliphatic imine (C=N–C) groups is 2. The number of piperidine rings is 1. The Hall–Kier alpha value is -2.22. The predicted molar refractivity (Wildman–Crippen MR) is 122 cm³/mol. The van der Waals surface area contributed by atoms with E-state index in [1.165, 1.54) is 23.9 Å². The molecule has 1 N–H and O–H groups in total. The van der Waals surface area contributed by atoms with Crippen LogP contribution in [0.2, 0.25) is 5.02 Å². The van der Waals surface area contributed by atoms with E-state index in [0.29, 0.717) is 10.7 Å². The number of nitrogens with one attached hydrogen (secondary N) is 1. The van der Waals surface area contributed by atoms with Gasteiger partial charge in [-0.1, -0.05) is 35.5 Å². The van der Waals surface area contributed by atoms with E-state index < -0.39 is 5.66 Å². The minimum Gasteiger partial charge on any atom is -0.324 e. The van der Waals surface area contributed by atoms with Gasteiger partial charge in [0.1, 0.15) is 10.9 Å². The molecule has 0 aliphatic carbocycles. The van der Waals surface area contributed by atoms with Gasteiger partial charge in [-0.05, 0) is 43.4 Å². The third kappa shape index (κ3) is 4.74. The number of hydrogen-bond donors (Lipinski definition) is 1. The molecule has 4 rings (SSSR count). The lowest BCUT2D eigenvalue weighted by atomic mass is 9.99. The summed E-state index contributed by atoms with van der Waals surface area (Å²) < 4.78 is 13.4. The summed E-state index contributed by atoms with van der Waals surface area (Å²) in [7, 11) is 2.09. The molecule has 2 heterocycles. The lowest BCUT2D eigenvalue weighted by molar-refractivity contribution is -0.113. The van der Waals surface area contributed by atoms with Gasteiger partial charge in [0.25, 0.3) is 0 Å². The van der Waals surface area contributed by atoms with E-state index in [-0.39, 0.29) is 17.5 Å². The summed E-state index contributed by atoms with van der Waals surface area (Å²) in [5.74, 6) is -0.282.